The highest BCUT2D eigenvalue weighted by molar-refractivity contribution is 6.30. The molecule has 25 heavy (non-hydrogen) atoms. The lowest BCUT2D eigenvalue weighted by Gasteiger charge is -2.31. The molecule has 2 aromatic carbocycles. The molecule has 2 rings (SSSR count). The van der Waals surface area contributed by atoms with Crippen molar-refractivity contribution in [2.45, 2.75) is 32.4 Å². The first kappa shape index (κ1) is 19.0. The molecule has 0 aromatic heterocycles. The van der Waals surface area contributed by atoms with Crippen molar-refractivity contribution in [3.05, 3.63) is 70.7 Å². The van der Waals surface area contributed by atoms with Crippen LogP contribution in [0.1, 0.15) is 36.9 Å². The number of nitrogens with one attached hydrogen (secondary N) is 1. The fourth-order valence-electron chi connectivity index (χ4n) is 2.71. The zero-order valence-corrected chi connectivity index (χ0v) is 15.3. The summed E-state index contributed by atoms with van der Waals surface area (Å²) in [4.78, 5) is 27.0. The largest absolute Gasteiger partial charge is 0.357 e. The van der Waals surface area contributed by atoms with Crippen molar-refractivity contribution < 1.29 is 9.59 Å². The van der Waals surface area contributed by atoms with E-state index in [2.05, 4.69) is 5.32 Å². The fourth-order valence-corrected chi connectivity index (χ4v) is 2.84. The Hall–Kier alpha value is -2.33. The lowest BCUT2D eigenvalue weighted by molar-refractivity contribution is -0.141. The quantitative estimate of drug-likeness (QED) is 0.814. The Bertz CT molecular complexity index is 701. The molecule has 1 N–H and O–H groups in total. The lowest BCUT2D eigenvalue weighted by atomic mass is 10.0. The van der Waals surface area contributed by atoms with E-state index in [4.69, 9.17) is 11.6 Å². The van der Waals surface area contributed by atoms with Crippen LogP contribution in [0.3, 0.4) is 0 Å². The lowest BCUT2D eigenvalue weighted by Crippen LogP contribution is -2.42. The van der Waals surface area contributed by atoms with Gasteiger partial charge in [0.15, 0.2) is 0 Å². The molecule has 0 aliphatic carbocycles. The molecule has 0 saturated carbocycles. The first-order valence-corrected chi connectivity index (χ1v) is 8.75. The Morgan fingerprint density at radius 3 is 2.28 bits per heavy atom. The average molecular weight is 359 g/mol. The number of rotatable bonds is 7. The van der Waals surface area contributed by atoms with Crippen molar-refractivity contribution >= 4 is 23.4 Å². The Labute approximate surface area is 153 Å². The summed E-state index contributed by atoms with van der Waals surface area (Å²) >= 11 is 5.95. The topological polar surface area (TPSA) is 49.4 Å². The first-order chi connectivity index (χ1) is 12.1. The van der Waals surface area contributed by atoms with Crippen LogP contribution in [0.4, 0.5) is 0 Å². The summed E-state index contributed by atoms with van der Waals surface area (Å²) in [5.74, 6) is -0.250. The summed E-state index contributed by atoms with van der Waals surface area (Å²) < 4.78 is 0. The van der Waals surface area contributed by atoms with Crippen molar-refractivity contribution in [1.29, 1.82) is 0 Å². The highest BCUT2D eigenvalue weighted by Gasteiger charge is 2.30. The smallest absolute Gasteiger partial charge is 0.247 e. The average Bonchev–Trinajstić information content (AvgIpc) is 2.63. The van der Waals surface area contributed by atoms with Gasteiger partial charge in [-0.1, -0.05) is 61.0 Å². The van der Waals surface area contributed by atoms with Gasteiger partial charge in [0.1, 0.15) is 6.04 Å². The van der Waals surface area contributed by atoms with Crippen molar-refractivity contribution in [2.24, 2.45) is 0 Å². The predicted octanol–water partition coefficient (Wildman–Crippen LogP) is 3.96. The summed E-state index contributed by atoms with van der Waals surface area (Å²) in [6.45, 7) is 2.30. The molecule has 132 valence electrons. The van der Waals surface area contributed by atoms with Gasteiger partial charge in [-0.15, -0.1) is 0 Å². The van der Waals surface area contributed by atoms with E-state index >= 15 is 0 Å². The third kappa shape index (κ3) is 5.07. The molecule has 2 aromatic rings. The summed E-state index contributed by atoms with van der Waals surface area (Å²) in [5, 5.41) is 3.32. The molecule has 2 amide bonds. The Morgan fingerprint density at radius 1 is 1.08 bits per heavy atom. The molecule has 0 unspecified atom stereocenters. The molecule has 0 spiro atoms. The van der Waals surface area contributed by atoms with Gasteiger partial charge in [-0.25, -0.2) is 0 Å². The van der Waals surface area contributed by atoms with E-state index < -0.39 is 6.04 Å². The molecule has 0 heterocycles. The van der Waals surface area contributed by atoms with Crippen LogP contribution in [0, 0.1) is 0 Å². The second kappa shape index (κ2) is 9.23. The van der Waals surface area contributed by atoms with Crippen molar-refractivity contribution in [3.63, 3.8) is 0 Å². The number of halogens is 1. The van der Waals surface area contributed by atoms with E-state index in [1.54, 1.807) is 24.1 Å². The molecule has 0 saturated heterocycles. The number of carbonyl (C=O) groups excluding carboxylic acids is 2. The predicted molar refractivity (Wildman–Crippen MR) is 100 cm³/mol. The van der Waals surface area contributed by atoms with Crippen LogP contribution >= 0.6 is 11.6 Å². The second-order valence-corrected chi connectivity index (χ2v) is 6.26. The summed E-state index contributed by atoms with van der Waals surface area (Å²) in [7, 11) is 1.59. The maximum absolute atomic E-state index is 12.8. The van der Waals surface area contributed by atoms with E-state index in [-0.39, 0.29) is 11.8 Å². The number of benzene rings is 2. The third-order valence-electron chi connectivity index (χ3n) is 3.97. The van der Waals surface area contributed by atoms with Crippen molar-refractivity contribution in [2.75, 3.05) is 7.05 Å². The van der Waals surface area contributed by atoms with Gasteiger partial charge in [0.05, 0.1) is 0 Å². The molecular formula is C20H23ClN2O2. The molecule has 0 aliphatic rings. The molecule has 0 radical (unpaired) electrons. The number of carbonyl (C=O) groups is 2. The van der Waals surface area contributed by atoms with Gasteiger partial charge in [0, 0.05) is 25.0 Å². The summed E-state index contributed by atoms with van der Waals surface area (Å²) in [5.41, 5.74) is 1.72. The molecule has 4 nitrogen and oxygen atoms in total. The van der Waals surface area contributed by atoms with Crippen molar-refractivity contribution in [3.8, 4) is 0 Å². The van der Waals surface area contributed by atoms with Crippen LogP contribution in [-0.2, 0) is 16.1 Å². The molecule has 5 heteroatoms. The van der Waals surface area contributed by atoms with Gasteiger partial charge >= 0.3 is 0 Å². The van der Waals surface area contributed by atoms with Crippen LogP contribution in [0.2, 0.25) is 5.02 Å². The van der Waals surface area contributed by atoms with Crippen LogP contribution in [-0.4, -0.2) is 23.8 Å². The minimum Gasteiger partial charge on any atom is -0.357 e. The normalized spacial score (nSPS) is 11.6. The number of hydrogen-bond donors (Lipinski definition) is 1. The molecule has 0 fully saturated rings. The third-order valence-corrected chi connectivity index (χ3v) is 4.22. The van der Waals surface area contributed by atoms with Crippen LogP contribution < -0.4 is 5.32 Å². The van der Waals surface area contributed by atoms with Crippen LogP contribution in [0.15, 0.2) is 54.6 Å². The van der Waals surface area contributed by atoms with E-state index in [1.165, 1.54) is 0 Å². The highest BCUT2D eigenvalue weighted by Crippen LogP contribution is 2.25. The first-order valence-electron chi connectivity index (χ1n) is 8.37. The van der Waals surface area contributed by atoms with E-state index in [9.17, 15) is 9.59 Å². The highest BCUT2D eigenvalue weighted by atomic mass is 35.5. The Kier molecular flexibility index (Phi) is 7.02. The summed E-state index contributed by atoms with van der Waals surface area (Å²) in [6.07, 6.45) is 1.12. The SMILES string of the molecule is CCCC(=O)N(Cc1ccc(Cl)cc1)[C@H](C(=O)NC)c1ccccc1. The zero-order chi connectivity index (χ0) is 18.2. The van der Waals surface area contributed by atoms with Gasteiger partial charge in [-0.2, -0.15) is 0 Å². The van der Waals surface area contributed by atoms with Crippen LogP contribution in [0.25, 0.3) is 0 Å². The number of nitrogens with zero attached hydrogens (tertiary/aromatic N) is 1. The minimum absolute atomic E-state index is 0.0464. The van der Waals surface area contributed by atoms with Gasteiger partial charge in [0.2, 0.25) is 11.8 Å². The van der Waals surface area contributed by atoms with Gasteiger partial charge in [-0.3, -0.25) is 9.59 Å². The fraction of sp³-hybridized carbons (Fsp3) is 0.300. The maximum atomic E-state index is 12.8. The Balaban J connectivity index is 2.40. The minimum atomic E-state index is -0.666. The van der Waals surface area contributed by atoms with E-state index in [0.717, 1.165) is 17.5 Å². The second-order valence-electron chi connectivity index (χ2n) is 5.83. The standard InChI is InChI=1S/C20H23ClN2O2/c1-3-7-18(24)23(14-15-10-12-17(21)13-11-15)19(20(25)22-2)16-8-5-4-6-9-16/h4-6,8-13,19H,3,7,14H2,1-2H3,(H,22,25)/t19-/m0/s1. The maximum Gasteiger partial charge on any atom is 0.247 e. The molecular weight excluding hydrogens is 336 g/mol. The number of amides is 2. The van der Waals surface area contributed by atoms with Gasteiger partial charge in [-0.05, 0) is 29.7 Å². The van der Waals surface area contributed by atoms with Crippen LogP contribution in [0.5, 0.6) is 0 Å². The van der Waals surface area contributed by atoms with E-state index in [1.807, 2.05) is 49.4 Å². The van der Waals surface area contributed by atoms with Gasteiger partial charge in [0.25, 0.3) is 0 Å². The molecule has 0 bridgehead atoms. The summed E-state index contributed by atoms with van der Waals surface area (Å²) in [6, 6.07) is 16.0. The number of hydrogen-bond acceptors (Lipinski definition) is 2. The molecule has 0 aliphatic heterocycles. The number of likely N-dealkylation sites (N-methyl/N-ethyl adjacent to an activating group) is 1. The van der Waals surface area contributed by atoms with E-state index in [0.29, 0.717) is 18.0 Å². The molecule has 1 atom stereocenters. The zero-order valence-electron chi connectivity index (χ0n) is 14.5. The monoisotopic (exact) mass is 358 g/mol. The van der Waals surface area contributed by atoms with Gasteiger partial charge < -0.3 is 10.2 Å². The van der Waals surface area contributed by atoms with Crippen molar-refractivity contribution in [1.82, 2.24) is 10.2 Å². The Morgan fingerprint density at radius 2 is 1.72 bits per heavy atom.